The minimum absolute atomic E-state index is 0.162. The number of hydrogen-bond acceptors (Lipinski definition) is 5. The minimum Gasteiger partial charge on any atom is -0.395 e. The molecule has 1 N–H and O–H groups in total. The molecule has 0 saturated heterocycles. The number of alkyl halides is 2. The zero-order valence-electron chi connectivity index (χ0n) is 10.0. The monoisotopic (exact) mass is 264 g/mol. The van der Waals surface area contributed by atoms with Gasteiger partial charge in [0, 0.05) is 20.6 Å². The molecule has 0 radical (unpaired) electrons. The molecule has 1 aromatic heterocycles. The van der Waals surface area contributed by atoms with Crippen LogP contribution in [0, 0.1) is 0 Å². The topological polar surface area (TPSA) is 80.4 Å². The van der Waals surface area contributed by atoms with Crippen LogP contribution in [-0.2, 0) is 14.1 Å². The van der Waals surface area contributed by atoms with Gasteiger partial charge in [0.1, 0.15) is 0 Å². The molecule has 18 heavy (non-hydrogen) atoms. The highest BCUT2D eigenvalue weighted by Gasteiger charge is 2.19. The van der Waals surface area contributed by atoms with Gasteiger partial charge in [-0.1, -0.05) is 0 Å². The van der Waals surface area contributed by atoms with Crippen molar-refractivity contribution in [1.29, 1.82) is 0 Å². The minimum atomic E-state index is -2.68. The van der Waals surface area contributed by atoms with Gasteiger partial charge in [0.05, 0.1) is 13.2 Å². The standard InChI is InChI=1S/C9H14F2N4O3/c1-13-8(17)7(12-14(2)9(13)18)15(3-4-16)5-6(10)11/h6,16H,3-5H2,1-2H3. The Balaban J connectivity index is 3.28. The summed E-state index contributed by atoms with van der Waals surface area (Å²) in [7, 11) is 2.54. The van der Waals surface area contributed by atoms with Crippen LogP contribution in [0.5, 0.6) is 0 Å². The van der Waals surface area contributed by atoms with Crippen LogP contribution in [0.15, 0.2) is 9.59 Å². The van der Waals surface area contributed by atoms with E-state index < -0.39 is 30.8 Å². The predicted molar refractivity (Wildman–Crippen MR) is 60.0 cm³/mol. The molecule has 0 aliphatic rings. The number of aliphatic hydroxyl groups excluding tert-OH is 1. The van der Waals surface area contributed by atoms with E-state index in [2.05, 4.69) is 5.10 Å². The molecular weight excluding hydrogens is 250 g/mol. The summed E-state index contributed by atoms with van der Waals surface area (Å²) in [6.45, 7) is -1.30. The van der Waals surface area contributed by atoms with E-state index in [0.717, 1.165) is 14.1 Å². The number of anilines is 1. The lowest BCUT2D eigenvalue weighted by Crippen LogP contribution is -2.45. The van der Waals surface area contributed by atoms with Crippen LogP contribution in [0.2, 0.25) is 0 Å². The Morgan fingerprint density at radius 1 is 1.39 bits per heavy atom. The molecule has 0 aliphatic carbocycles. The van der Waals surface area contributed by atoms with E-state index >= 15 is 0 Å². The fourth-order valence-corrected chi connectivity index (χ4v) is 1.45. The van der Waals surface area contributed by atoms with E-state index in [9.17, 15) is 18.4 Å². The number of aryl methyl sites for hydroxylation is 1. The zero-order chi connectivity index (χ0) is 13.9. The third kappa shape index (κ3) is 2.92. The van der Waals surface area contributed by atoms with Gasteiger partial charge >= 0.3 is 5.69 Å². The number of hydrogen-bond donors (Lipinski definition) is 1. The second kappa shape index (κ2) is 5.71. The van der Waals surface area contributed by atoms with Crippen molar-refractivity contribution < 1.29 is 13.9 Å². The molecule has 0 aromatic carbocycles. The second-order valence-corrected chi connectivity index (χ2v) is 3.65. The first-order valence-corrected chi connectivity index (χ1v) is 5.16. The van der Waals surface area contributed by atoms with E-state index in [-0.39, 0.29) is 12.4 Å². The van der Waals surface area contributed by atoms with Crippen molar-refractivity contribution in [2.75, 3.05) is 24.6 Å². The molecule has 0 amide bonds. The number of nitrogens with zero attached hydrogens (tertiary/aromatic N) is 4. The largest absolute Gasteiger partial charge is 0.395 e. The van der Waals surface area contributed by atoms with Gasteiger partial charge in [0.2, 0.25) is 5.82 Å². The third-order valence-corrected chi connectivity index (χ3v) is 2.33. The van der Waals surface area contributed by atoms with Gasteiger partial charge in [-0.3, -0.25) is 9.36 Å². The molecule has 1 aromatic rings. The van der Waals surface area contributed by atoms with E-state index in [1.807, 2.05) is 0 Å². The Bertz CT molecular complexity index is 526. The van der Waals surface area contributed by atoms with Crippen LogP contribution in [0.25, 0.3) is 0 Å². The molecule has 0 spiro atoms. The van der Waals surface area contributed by atoms with Crippen molar-refractivity contribution in [2.45, 2.75) is 6.43 Å². The highest BCUT2D eigenvalue weighted by molar-refractivity contribution is 5.34. The van der Waals surface area contributed by atoms with Gasteiger partial charge in [-0.05, 0) is 0 Å². The van der Waals surface area contributed by atoms with Crippen molar-refractivity contribution in [2.24, 2.45) is 14.1 Å². The Morgan fingerprint density at radius 2 is 2.00 bits per heavy atom. The van der Waals surface area contributed by atoms with Crippen molar-refractivity contribution >= 4 is 5.82 Å². The quantitative estimate of drug-likeness (QED) is 0.703. The van der Waals surface area contributed by atoms with Crippen molar-refractivity contribution in [3.05, 3.63) is 20.8 Å². The summed E-state index contributed by atoms with van der Waals surface area (Å²) in [4.78, 5) is 24.1. The molecule has 0 saturated carbocycles. The van der Waals surface area contributed by atoms with E-state index in [1.54, 1.807) is 0 Å². The molecule has 0 fully saturated rings. The predicted octanol–water partition coefficient (Wildman–Crippen LogP) is -1.46. The maximum absolute atomic E-state index is 12.4. The van der Waals surface area contributed by atoms with Crippen LogP contribution >= 0.6 is 0 Å². The average Bonchev–Trinajstić information content (AvgIpc) is 2.30. The van der Waals surface area contributed by atoms with Gasteiger partial charge in [-0.15, -0.1) is 5.10 Å². The van der Waals surface area contributed by atoms with Gasteiger partial charge in [0.15, 0.2) is 0 Å². The number of rotatable bonds is 5. The maximum atomic E-state index is 12.4. The lowest BCUT2D eigenvalue weighted by atomic mass is 10.4. The van der Waals surface area contributed by atoms with Crippen LogP contribution in [0.1, 0.15) is 0 Å². The number of aliphatic hydroxyl groups is 1. The Morgan fingerprint density at radius 3 is 2.50 bits per heavy atom. The Labute approximate surface area is 101 Å². The Kier molecular flexibility index (Phi) is 4.54. The SMILES string of the molecule is Cn1nc(N(CCO)CC(F)F)c(=O)n(C)c1=O. The normalized spacial score (nSPS) is 11.0. The molecule has 102 valence electrons. The molecule has 1 rings (SSSR count). The van der Waals surface area contributed by atoms with Crippen molar-refractivity contribution in [1.82, 2.24) is 14.3 Å². The second-order valence-electron chi connectivity index (χ2n) is 3.65. The summed E-state index contributed by atoms with van der Waals surface area (Å²) in [5, 5.41) is 12.5. The molecule has 7 nitrogen and oxygen atoms in total. The van der Waals surface area contributed by atoms with Crippen molar-refractivity contribution in [3.63, 3.8) is 0 Å². The molecule has 0 atom stereocenters. The number of halogens is 2. The first-order valence-electron chi connectivity index (χ1n) is 5.16. The summed E-state index contributed by atoms with van der Waals surface area (Å²) in [6, 6.07) is 0. The summed E-state index contributed by atoms with van der Waals surface area (Å²) < 4.78 is 26.4. The zero-order valence-corrected chi connectivity index (χ0v) is 10.0. The summed E-state index contributed by atoms with van der Waals surface area (Å²) >= 11 is 0. The van der Waals surface area contributed by atoms with Gasteiger partial charge < -0.3 is 10.0 Å². The van der Waals surface area contributed by atoms with E-state index in [1.165, 1.54) is 14.1 Å². The highest BCUT2D eigenvalue weighted by Crippen LogP contribution is 2.05. The van der Waals surface area contributed by atoms with Gasteiger partial charge in [0.25, 0.3) is 12.0 Å². The van der Waals surface area contributed by atoms with Crippen LogP contribution in [0.4, 0.5) is 14.6 Å². The lowest BCUT2D eigenvalue weighted by Gasteiger charge is -2.21. The smallest absolute Gasteiger partial charge is 0.346 e. The molecule has 1 heterocycles. The van der Waals surface area contributed by atoms with Crippen LogP contribution in [0.3, 0.4) is 0 Å². The number of aromatic nitrogens is 3. The molecule has 0 unspecified atom stereocenters. The lowest BCUT2D eigenvalue weighted by molar-refractivity contribution is 0.152. The molecule has 0 aliphatic heterocycles. The first-order chi connectivity index (χ1) is 8.38. The molecular formula is C9H14F2N4O3. The highest BCUT2D eigenvalue weighted by atomic mass is 19.3. The third-order valence-electron chi connectivity index (χ3n) is 2.33. The van der Waals surface area contributed by atoms with E-state index in [0.29, 0.717) is 0 Å². The summed E-state index contributed by atoms with van der Waals surface area (Å²) in [6.07, 6.45) is -2.68. The first kappa shape index (κ1) is 14.3. The fraction of sp³-hybridized carbons (Fsp3) is 0.667. The summed E-state index contributed by atoms with van der Waals surface area (Å²) in [5.74, 6) is -0.283. The van der Waals surface area contributed by atoms with Gasteiger partial charge in [-0.2, -0.15) is 0 Å². The average molecular weight is 264 g/mol. The molecule has 0 bridgehead atoms. The van der Waals surface area contributed by atoms with Crippen molar-refractivity contribution in [3.8, 4) is 0 Å². The summed E-state index contributed by atoms with van der Waals surface area (Å²) in [5.41, 5.74) is -1.42. The van der Waals surface area contributed by atoms with Gasteiger partial charge in [-0.25, -0.2) is 18.3 Å². The fourth-order valence-electron chi connectivity index (χ4n) is 1.45. The van der Waals surface area contributed by atoms with Crippen LogP contribution < -0.4 is 16.1 Å². The molecule has 9 heteroatoms. The van der Waals surface area contributed by atoms with Crippen LogP contribution in [-0.4, -0.2) is 45.6 Å². The Hall–Kier alpha value is -1.77. The van der Waals surface area contributed by atoms with E-state index in [4.69, 9.17) is 5.11 Å². The maximum Gasteiger partial charge on any atom is 0.346 e.